The zero-order valence-electron chi connectivity index (χ0n) is 11.2. The predicted molar refractivity (Wildman–Crippen MR) is 84.5 cm³/mol. The van der Waals surface area contributed by atoms with Crippen molar-refractivity contribution in [3.63, 3.8) is 0 Å². The van der Waals surface area contributed by atoms with Crippen molar-refractivity contribution in [2.45, 2.75) is 33.2 Å². The minimum Gasteiger partial charge on any atom is -0.292 e. The second-order valence-electron chi connectivity index (χ2n) is 4.42. The number of rotatable bonds is 5. The molecule has 0 aliphatic heterocycles. The standard InChI is InChI=1S/C15H17IN2O/c1-3-13-10-14(18(4-2)17-13)15(19)9-11-5-7-12(16)8-6-11/h5-8,10H,3-4,9H2,1-2H3. The minimum atomic E-state index is 0.134. The zero-order valence-corrected chi connectivity index (χ0v) is 13.3. The van der Waals surface area contributed by atoms with Gasteiger partial charge in [0.05, 0.1) is 5.69 Å². The highest BCUT2D eigenvalue weighted by molar-refractivity contribution is 14.1. The average Bonchev–Trinajstić information content (AvgIpc) is 2.85. The third-order valence-corrected chi connectivity index (χ3v) is 3.78. The topological polar surface area (TPSA) is 34.9 Å². The molecule has 0 spiro atoms. The Hall–Kier alpha value is -1.17. The molecule has 1 aromatic heterocycles. The molecule has 100 valence electrons. The molecule has 0 bridgehead atoms. The lowest BCUT2D eigenvalue weighted by atomic mass is 10.1. The van der Waals surface area contributed by atoms with Gasteiger partial charge in [-0.2, -0.15) is 5.10 Å². The van der Waals surface area contributed by atoms with Crippen LogP contribution in [0, 0.1) is 3.57 Å². The maximum atomic E-state index is 12.3. The van der Waals surface area contributed by atoms with Gasteiger partial charge in [0.1, 0.15) is 5.69 Å². The first kappa shape index (κ1) is 14.2. The van der Waals surface area contributed by atoms with Gasteiger partial charge in [-0.3, -0.25) is 9.48 Å². The third-order valence-electron chi connectivity index (χ3n) is 3.06. The fourth-order valence-corrected chi connectivity index (χ4v) is 2.35. The van der Waals surface area contributed by atoms with E-state index in [1.54, 1.807) is 4.68 Å². The summed E-state index contributed by atoms with van der Waals surface area (Å²) in [5.41, 5.74) is 2.75. The first-order chi connectivity index (χ1) is 9.13. The molecule has 0 N–H and O–H groups in total. The molecule has 0 saturated carbocycles. The van der Waals surface area contributed by atoms with E-state index in [2.05, 4.69) is 34.6 Å². The fraction of sp³-hybridized carbons (Fsp3) is 0.333. The maximum absolute atomic E-state index is 12.3. The lowest BCUT2D eigenvalue weighted by Crippen LogP contribution is -2.11. The highest BCUT2D eigenvalue weighted by Gasteiger charge is 2.14. The quantitative estimate of drug-likeness (QED) is 0.598. The number of hydrogen-bond donors (Lipinski definition) is 0. The molecule has 0 aliphatic rings. The molecule has 0 amide bonds. The number of carbonyl (C=O) groups excluding carboxylic acids is 1. The number of benzene rings is 1. The van der Waals surface area contributed by atoms with Crippen LogP contribution in [0.2, 0.25) is 0 Å². The highest BCUT2D eigenvalue weighted by Crippen LogP contribution is 2.12. The molecule has 0 saturated heterocycles. The summed E-state index contributed by atoms with van der Waals surface area (Å²) in [6.45, 7) is 4.79. The van der Waals surface area contributed by atoms with Gasteiger partial charge in [-0.15, -0.1) is 0 Å². The number of hydrogen-bond acceptors (Lipinski definition) is 2. The summed E-state index contributed by atoms with van der Waals surface area (Å²) in [6.07, 6.45) is 1.29. The highest BCUT2D eigenvalue weighted by atomic mass is 127. The van der Waals surface area contributed by atoms with Crippen LogP contribution in [0.3, 0.4) is 0 Å². The first-order valence-corrected chi connectivity index (χ1v) is 7.56. The van der Waals surface area contributed by atoms with E-state index in [9.17, 15) is 4.79 Å². The summed E-state index contributed by atoms with van der Waals surface area (Å²) in [7, 11) is 0. The number of carbonyl (C=O) groups is 1. The van der Waals surface area contributed by atoms with E-state index in [1.165, 1.54) is 3.57 Å². The van der Waals surface area contributed by atoms with E-state index in [0.29, 0.717) is 6.42 Å². The summed E-state index contributed by atoms with van der Waals surface area (Å²) in [4.78, 5) is 12.3. The van der Waals surface area contributed by atoms with Crippen LogP contribution in [0.25, 0.3) is 0 Å². The lowest BCUT2D eigenvalue weighted by Gasteiger charge is -2.04. The smallest absolute Gasteiger partial charge is 0.185 e. The average molecular weight is 368 g/mol. The second-order valence-corrected chi connectivity index (χ2v) is 5.66. The zero-order chi connectivity index (χ0) is 13.8. The number of Topliss-reactive ketones (excluding diaryl/α,β-unsaturated/α-hetero) is 1. The molecule has 1 heterocycles. The van der Waals surface area contributed by atoms with Gasteiger partial charge in [0, 0.05) is 16.5 Å². The number of nitrogens with zero attached hydrogens (tertiary/aromatic N) is 2. The molecule has 2 rings (SSSR count). The van der Waals surface area contributed by atoms with E-state index in [4.69, 9.17) is 0 Å². The Morgan fingerprint density at radius 2 is 1.95 bits per heavy atom. The Kier molecular flexibility index (Phi) is 4.74. The Morgan fingerprint density at radius 3 is 2.53 bits per heavy atom. The van der Waals surface area contributed by atoms with Gasteiger partial charge in [0.2, 0.25) is 0 Å². The van der Waals surface area contributed by atoms with Crippen LogP contribution in [-0.4, -0.2) is 15.6 Å². The normalized spacial score (nSPS) is 10.7. The number of aryl methyl sites for hydroxylation is 2. The van der Waals surface area contributed by atoms with Gasteiger partial charge in [-0.1, -0.05) is 19.1 Å². The van der Waals surface area contributed by atoms with Gasteiger partial charge in [0.15, 0.2) is 5.78 Å². The van der Waals surface area contributed by atoms with Crippen LogP contribution in [0.15, 0.2) is 30.3 Å². The Morgan fingerprint density at radius 1 is 1.26 bits per heavy atom. The summed E-state index contributed by atoms with van der Waals surface area (Å²) in [6, 6.07) is 9.98. The van der Waals surface area contributed by atoms with Gasteiger partial charge in [-0.25, -0.2) is 0 Å². The maximum Gasteiger partial charge on any atom is 0.185 e. The van der Waals surface area contributed by atoms with Crippen LogP contribution < -0.4 is 0 Å². The van der Waals surface area contributed by atoms with Crippen molar-refractivity contribution in [2.75, 3.05) is 0 Å². The molecule has 0 atom stereocenters. The molecule has 1 aromatic carbocycles. The summed E-state index contributed by atoms with van der Waals surface area (Å²) in [5.74, 6) is 0.134. The molecule has 2 aromatic rings. The van der Waals surface area contributed by atoms with Crippen molar-refractivity contribution in [3.8, 4) is 0 Å². The van der Waals surface area contributed by atoms with E-state index in [-0.39, 0.29) is 5.78 Å². The van der Waals surface area contributed by atoms with Crippen LogP contribution in [-0.2, 0) is 19.4 Å². The van der Waals surface area contributed by atoms with Gasteiger partial charge >= 0.3 is 0 Å². The van der Waals surface area contributed by atoms with Crippen LogP contribution in [0.1, 0.15) is 35.6 Å². The monoisotopic (exact) mass is 368 g/mol. The van der Waals surface area contributed by atoms with Gasteiger partial charge < -0.3 is 0 Å². The molecule has 0 radical (unpaired) electrons. The minimum absolute atomic E-state index is 0.134. The Labute approximate surface area is 127 Å². The lowest BCUT2D eigenvalue weighted by molar-refractivity contribution is 0.0983. The summed E-state index contributed by atoms with van der Waals surface area (Å²) >= 11 is 2.26. The summed E-state index contributed by atoms with van der Waals surface area (Å²) in [5, 5.41) is 4.42. The first-order valence-electron chi connectivity index (χ1n) is 6.48. The van der Waals surface area contributed by atoms with E-state index in [1.807, 2.05) is 37.3 Å². The number of halogens is 1. The van der Waals surface area contributed by atoms with Crippen LogP contribution in [0.5, 0.6) is 0 Å². The molecule has 4 heteroatoms. The van der Waals surface area contributed by atoms with Crippen molar-refractivity contribution in [2.24, 2.45) is 0 Å². The van der Waals surface area contributed by atoms with Gasteiger partial charge in [-0.05, 0) is 59.7 Å². The van der Waals surface area contributed by atoms with Crippen molar-refractivity contribution in [3.05, 3.63) is 50.9 Å². The van der Waals surface area contributed by atoms with Crippen LogP contribution >= 0.6 is 22.6 Å². The molecule has 3 nitrogen and oxygen atoms in total. The van der Waals surface area contributed by atoms with Crippen molar-refractivity contribution in [1.82, 2.24) is 9.78 Å². The van der Waals surface area contributed by atoms with E-state index in [0.717, 1.165) is 29.9 Å². The molecule has 0 aliphatic carbocycles. The number of aromatic nitrogens is 2. The summed E-state index contributed by atoms with van der Waals surface area (Å²) < 4.78 is 2.98. The van der Waals surface area contributed by atoms with E-state index < -0.39 is 0 Å². The van der Waals surface area contributed by atoms with Gasteiger partial charge in [0.25, 0.3) is 0 Å². The predicted octanol–water partition coefficient (Wildman–Crippen LogP) is 3.50. The fourth-order valence-electron chi connectivity index (χ4n) is 1.99. The van der Waals surface area contributed by atoms with Crippen molar-refractivity contribution < 1.29 is 4.79 Å². The van der Waals surface area contributed by atoms with E-state index >= 15 is 0 Å². The SMILES string of the molecule is CCc1cc(C(=O)Cc2ccc(I)cc2)n(CC)n1. The molecule has 19 heavy (non-hydrogen) atoms. The molecule has 0 unspecified atom stereocenters. The third kappa shape index (κ3) is 3.43. The largest absolute Gasteiger partial charge is 0.292 e. The Balaban J connectivity index is 2.19. The molecular weight excluding hydrogens is 351 g/mol. The van der Waals surface area contributed by atoms with Crippen molar-refractivity contribution >= 4 is 28.4 Å². The van der Waals surface area contributed by atoms with Crippen molar-refractivity contribution in [1.29, 1.82) is 0 Å². The molecule has 0 fully saturated rings. The van der Waals surface area contributed by atoms with Crippen LogP contribution in [0.4, 0.5) is 0 Å². The Bertz CT molecular complexity index is 572. The molecular formula is C15H17IN2O. The number of ketones is 1. The second kappa shape index (κ2) is 6.32.